The molecule has 1 aromatic rings. The molecule has 1 saturated heterocycles. The first-order chi connectivity index (χ1) is 21.9. The monoisotopic (exact) mass is 644 g/mol. The maximum atomic E-state index is 13.2. The number of phenols is 2. The van der Waals surface area contributed by atoms with Crippen molar-refractivity contribution in [2.45, 2.75) is 77.8 Å². The second kappa shape index (κ2) is 17.4. The molecule has 2 amide bonds. The number of methoxy groups -OCH3 is 2. The molecule has 0 aliphatic carbocycles. The number of rotatable bonds is 7. The second-order valence-corrected chi connectivity index (χ2v) is 12.4. The number of carbonyl (C=O) groups excluding carboxylic acids is 2. The van der Waals surface area contributed by atoms with Crippen LogP contribution in [0.5, 0.6) is 11.5 Å². The van der Waals surface area contributed by atoms with E-state index in [-0.39, 0.29) is 23.1 Å². The molecule has 7 N–H and O–H groups in total. The molecule has 2 heterocycles. The van der Waals surface area contributed by atoms with Gasteiger partial charge in [0.2, 0.25) is 0 Å². The zero-order chi connectivity index (χ0) is 34.0. The molecule has 46 heavy (non-hydrogen) atoms. The lowest BCUT2D eigenvalue weighted by molar-refractivity contribution is -0.112. The number of nitrogens with one attached hydrogen (secondary N) is 2. The molecule has 0 aromatic heterocycles. The number of aliphatic hydroxyl groups is 1. The van der Waals surface area contributed by atoms with E-state index in [1.165, 1.54) is 33.1 Å². The summed E-state index contributed by atoms with van der Waals surface area (Å²) in [5.74, 6) is -1.26. The Morgan fingerprint density at radius 3 is 2.48 bits per heavy atom. The Hall–Kier alpha value is -3.58. The summed E-state index contributed by atoms with van der Waals surface area (Å²) in [4.78, 5) is 27.3. The first-order valence-corrected chi connectivity index (χ1v) is 15.9. The number of hydrogen-bond donors (Lipinski definition) is 6. The Balaban J connectivity index is 2.04. The van der Waals surface area contributed by atoms with E-state index < -0.39 is 42.3 Å². The van der Waals surface area contributed by atoms with Gasteiger partial charge in [-0.2, -0.15) is 0 Å². The number of aliphatic hydroxyl groups excluding tert-OH is 1. The fourth-order valence-corrected chi connectivity index (χ4v) is 6.15. The van der Waals surface area contributed by atoms with Gasteiger partial charge in [-0.05, 0) is 64.1 Å². The Labute approximate surface area is 272 Å². The van der Waals surface area contributed by atoms with Crippen molar-refractivity contribution in [2.75, 3.05) is 51.0 Å². The molecule has 1 fully saturated rings. The number of amides is 2. The van der Waals surface area contributed by atoms with E-state index in [1.54, 1.807) is 38.2 Å². The van der Waals surface area contributed by atoms with E-state index >= 15 is 0 Å². The van der Waals surface area contributed by atoms with Crippen molar-refractivity contribution in [1.29, 1.82) is 0 Å². The SMILES string of the molecule is CO[C@H]1/C=C\C=C(/C)C(=O)Nc2cc(O)c(NCCN3CCCC3)c(c2O)C[C@@H](C)C[C@H](OC)[C@H](O)[C@@H](C)/C=C(\C)[C@H]1OC(N)=O. The first kappa shape index (κ1) is 36.9. The minimum Gasteiger partial charge on any atom is -0.506 e. The molecule has 1 aromatic carbocycles. The highest BCUT2D eigenvalue weighted by molar-refractivity contribution is 6.04. The van der Waals surface area contributed by atoms with Gasteiger partial charge in [0.1, 0.15) is 17.6 Å². The molecule has 0 saturated carbocycles. The summed E-state index contributed by atoms with van der Waals surface area (Å²) in [7, 11) is 2.99. The summed E-state index contributed by atoms with van der Waals surface area (Å²) in [5, 5.41) is 40.0. The van der Waals surface area contributed by atoms with E-state index in [0.717, 1.165) is 19.6 Å². The first-order valence-electron chi connectivity index (χ1n) is 15.9. The van der Waals surface area contributed by atoms with Crippen molar-refractivity contribution in [3.05, 3.63) is 47.1 Å². The molecule has 2 bridgehead atoms. The third kappa shape index (κ3) is 9.96. The van der Waals surface area contributed by atoms with Crippen molar-refractivity contribution in [3.63, 3.8) is 0 Å². The van der Waals surface area contributed by atoms with Gasteiger partial charge in [0.05, 0.1) is 23.6 Å². The molecule has 12 heteroatoms. The highest BCUT2D eigenvalue weighted by Crippen LogP contribution is 2.42. The van der Waals surface area contributed by atoms with Gasteiger partial charge in [-0.1, -0.05) is 38.2 Å². The van der Waals surface area contributed by atoms with E-state index in [9.17, 15) is 24.9 Å². The van der Waals surface area contributed by atoms with E-state index in [2.05, 4.69) is 15.5 Å². The molecule has 0 spiro atoms. The molecular weight excluding hydrogens is 592 g/mol. The minimum absolute atomic E-state index is 0.0749. The Bertz CT molecular complexity index is 1290. The summed E-state index contributed by atoms with van der Waals surface area (Å²) in [6.07, 6.45) is 5.52. The van der Waals surface area contributed by atoms with Gasteiger partial charge >= 0.3 is 6.09 Å². The third-order valence-electron chi connectivity index (χ3n) is 8.76. The highest BCUT2D eigenvalue weighted by atomic mass is 16.6. The molecule has 12 nitrogen and oxygen atoms in total. The Morgan fingerprint density at radius 2 is 1.85 bits per heavy atom. The number of benzene rings is 1. The summed E-state index contributed by atoms with van der Waals surface area (Å²) in [6.45, 7) is 10.6. The average Bonchev–Trinajstić information content (AvgIpc) is 3.53. The fourth-order valence-electron chi connectivity index (χ4n) is 6.15. The number of hydrogen-bond acceptors (Lipinski definition) is 10. The normalized spacial score (nSPS) is 30.0. The standard InChI is InChI=1S/C34H52N4O8/c1-20-16-24-29(36-12-15-38-13-7-8-14-38)26(39)19-25(31(24)41)37-33(42)21(2)10-9-11-27(44-5)32(46-34(35)43)23(4)18-22(3)30(40)28(17-20)45-6/h9-11,18-20,22,27-28,30,32,36,39-41H,7-8,12-17H2,1-6H3,(H2,35,43)(H,37,42)/b11-9-,21-10+,23-18+/t20-,22+,27+,28+,30-,32-/m1/s1. The van der Waals surface area contributed by atoms with Crippen LogP contribution in [0, 0.1) is 11.8 Å². The summed E-state index contributed by atoms with van der Waals surface area (Å²) in [6, 6.07) is 1.34. The van der Waals surface area contributed by atoms with Crippen molar-refractivity contribution in [2.24, 2.45) is 17.6 Å². The molecule has 2 aliphatic rings. The van der Waals surface area contributed by atoms with Crippen LogP contribution in [-0.4, -0.2) is 97.0 Å². The van der Waals surface area contributed by atoms with Gasteiger partial charge in [0.25, 0.3) is 5.91 Å². The number of allylic oxidation sites excluding steroid dienone is 2. The van der Waals surface area contributed by atoms with Crippen LogP contribution in [0.4, 0.5) is 16.2 Å². The number of fused-ring (bicyclic) bond motifs is 2. The predicted octanol–water partition coefficient (Wildman–Crippen LogP) is 4.07. The maximum absolute atomic E-state index is 13.2. The number of anilines is 2. The van der Waals surface area contributed by atoms with E-state index in [1.807, 2.05) is 13.8 Å². The van der Waals surface area contributed by atoms with Crippen LogP contribution in [0.1, 0.15) is 52.5 Å². The average molecular weight is 645 g/mol. The lowest BCUT2D eigenvalue weighted by Gasteiger charge is -2.29. The van der Waals surface area contributed by atoms with Gasteiger partial charge < -0.3 is 50.8 Å². The zero-order valence-corrected chi connectivity index (χ0v) is 27.9. The fraction of sp³-hybridized carbons (Fsp3) is 0.588. The minimum atomic E-state index is -0.982. The lowest BCUT2D eigenvalue weighted by Crippen LogP contribution is -2.37. The predicted molar refractivity (Wildman–Crippen MR) is 178 cm³/mol. The van der Waals surface area contributed by atoms with Gasteiger partial charge in [-0.25, -0.2) is 4.79 Å². The number of nitrogens with zero attached hydrogens (tertiary/aromatic N) is 1. The Morgan fingerprint density at radius 1 is 1.15 bits per heavy atom. The van der Waals surface area contributed by atoms with Crippen LogP contribution in [-0.2, 0) is 25.4 Å². The van der Waals surface area contributed by atoms with Crippen LogP contribution in [0.25, 0.3) is 0 Å². The van der Waals surface area contributed by atoms with E-state index in [0.29, 0.717) is 41.8 Å². The summed E-state index contributed by atoms with van der Waals surface area (Å²) in [5.41, 5.74) is 7.25. The third-order valence-corrected chi connectivity index (χ3v) is 8.76. The number of nitrogens with two attached hydrogens (primary N) is 1. The van der Waals surface area contributed by atoms with Crippen molar-refractivity contribution in [1.82, 2.24) is 4.90 Å². The number of phenolic OH excluding ortho intramolecular Hbond substituents is 2. The maximum Gasteiger partial charge on any atom is 0.405 e. The molecule has 2 aliphatic heterocycles. The van der Waals surface area contributed by atoms with Crippen LogP contribution >= 0.6 is 0 Å². The molecule has 3 rings (SSSR count). The van der Waals surface area contributed by atoms with Crippen molar-refractivity contribution >= 4 is 23.4 Å². The molecule has 256 valence electrons. The van der Waals surface area contributed by atoms with Crippen LogP contribution in [0.15, 0.2) is 41.5 Å². The summed E-state index contributed by atoms with van der Waals surface area (Å²) < 4.78 is 16.7. The second-order valence-electron chi connectivity index (χ2n) is 12.4. The van der Waals surface area contributed by atoms with E-state index in [4.69, 9.17) is 19.9 Å². The van der Waals surface area contributed by atoms with Crippen LogP contribution < -0.4 is 16.4 Å². The van der Waals surface area contributed by atoms with Crippen molar-refractivity contribution < 1.29 is 39.1 Å². The van der Waals surface area contributed by atoms with Crippen LogP contribution in [0.3, 0.4) is 0 Å². The number of aromatic hydroxyl groups is 2. The quantitative estimate of drug-likeness (QED) is 0.144. The van der Waals surface area contributed by atoms with Crippen LogP contribution in [0.2, 0.25) is 0 Å². The summed E-state index contributed by atoms with van der Waals surface area (Å²) >= 11 is 0. The van der Waals surface area contributed by atoms with Crippen molar-refractivity contribution in [3.8, 4) is 11.5 Å². The zero-order valence-electron chi connectivity index (χ0n) is 27.9. The van der Waals surface area contributed by atoms with Gasteiger partial charge in [0.15, 0.2) is 6.10 Å². The number of carbonyl (C=O) groups is 2. The topological polar surface area (TPSA) is 176 Å². The number of primary amides is 1. The number of likely N-dealkylation sites (tertiary alicyclic amines) is 1. The number of ether oxygens (including phenoxy) is 3. The largest absolute Gasteiger partial charge is 0.506 e. The van der Waals surface area contributed by atoms with Gasteiger partial charge in [-0.15, -0.1) is 0 Å². The highest BCUT2D eigenvalue weighted by Gasteiger charge is 2.30. The Kier molecular flexibility index (Phi) is 13.9. The molecule has 0 unspecified atom stereocenters. The smallest absolute Gasteiger partial charge is 0.405 e. The molecular formula is C34H52N4O8. The molecule has 0 radical (unpaired) electrons. The lowest BCUT2D eigenvalue weighted by atomic mass is 9.87. The molecule has 6 atom stereocenters. The van der Waals surface area contributed by atoms with Gasteiger partial charge in [0, 0.05) is 50.4 Å². The van der Waals surface area contributed by atoms with Gasteiger partial charge in [-0.3, -0.25) is 4.79 Å².